The van der Waals surface area contributed by atoms with Crippen LogP contribution in [0.1, 0.15) is 29.7 Å². The van der Waals surface area contributed by atoms with Crippen LogP contribution in [0.25, 0.3) is 0 Å². The number of benzene rings is 2. The van der Waals surface area contributed by atoms with E-state index in [1.165, 1.54) is 5.56 Å². The lowest BCUT2D eigenvalue weighted by atomic mass is 10.1. The SMILES string of the molecule is Cc1ccc(OCC(=O)N[C@H](C)c2ccccc2Br)cc1C. The quantitative estimate of drug-likeness (QED) is 0.860. The Morgan fingerprint density at radius 3 is 2.59 bits per heavy atom. The highest BCUT2D eigenvalue weighted by molar-refractivity contribution is 9.10. The number of aryl methyl sites for hydroxylation is 2. The van der Waals surface area contributed by atoms with Gasteiger partial charge in [-0.3, -0.25) is 4.79 Å². The molecule has 1 N–H and O–H groups in total. The molecule has 3 nitrogen and oxygen atoms in total. The Morgan fingerprint density at radius 1 is 1.18 bits per heavy atom. The average molecular weight is 362 g/mol. The molecule has 116 valence electrons. The van der Waals surface area contributed by atoms with Gasteiger partial charge in [0, 0.05) is 4.47 Å². The first-order valence-corrected chi connectivity index (χ1v) is 8.00. The van der Waals surface area contributed by atoms with E-state index in [1.807, 2.05) is 63.2 Å². The second kappa shape index (κ2) is 7.45. The summed E-state index contributed by atoms with van der Waals surface area (Å²) in [5.74, 6) is 0.577. The van der Waals surface area contributed by atoms with E-state index in [9.17, 15) is 4.79 Å². The molecule has 0 spiro atoms. The molecule has 0 bridgehead atoms. The summed E-state index contributed by atoms with van der Waals surface area (Å²) in [6, 6.07) is 13.6. The molecule has 0 saturated carbocycles. The summed E-state index contributed by atoms with van der Waals surface area (Å²) in [6.45, 7) is 6.04. The molecule has 0 aliphatic rings. The van der Waals surface area contributed by atoms with Gasteiger partial charge in [0.2, 0.25) is 0 Å². The third-order valence-electron chi connectivity index (χ3n) is 3.60. The summed E-state index contributed by atoms with van der Waals surface area (Å²) in [4.78, 5) is 12.0. The first kappa shape index (κ1) is 16.6. The molecule has 0 aliphatic carbocycles. The van der Waals surface area contributed by atoms with E-state index >= 15 is 0 Å². The molecule has 0 fully saturated rings. The topological polar surface area (TPSA) is 38.3 Å². The number of ether oxygens (including phenoxy) is 1. The molecule has 2 rings (SSSR count). The highest BCUT2D eigenvalue weighted by atomic mass is 79.9. The van der Waals surface area contributed by atoms with Crippen molar-refractivity contribution in [3.63, 3.8) is 0 Å². The third kappa shape index (κ3) is 4.34. The largest absolute Gasteiger partial charge is 0.484 e. The molecule has 22 heavy (non-hydrogen) atoms. The van der Waals surface area contributed by atoms with E-state index in [0.717, 1.165) is 15.6 Å². The summed E-state index contributed by atoms with van der Waals surface area (Å²) in [6.07, 6.45) is 0. The maximum Gasteiger partial charge on any atom is 0.258 e. The Labute approximate surface area is 139 Å². The van der Waals surface area contributed by atoms with Gasteiger partial charge in [0.05, 0.1) is 6.04 Å². The van der Waals surface area contributed by atoms with Crippen molar-refractivity contribution in [3.8, 4) is 5.75 Å². The van der Waals surface area contributed by atoms with Crippen LogP contribution in [-0.4, -0.2) is 12.5 Å². The number of nitrogens with one attached hydrogen (secondary N) is 1. The Bertz CT molecular complexity index is 670. The predicted octanol–water partition coefficient (Wildman–Crippen LogP) is 4.32. The lowest BCUT2D eigenvalue weighted by Crippen LogP contribution is -2.31. The second-order valence-corrected chi connectivity index (χ2v) is 6.20. The molecule has 0 unspecified atom stereocenters. The fourth-order valence-corrected chi connectivity index (χ4v) is 2.77. The van der Waals surface area contributed by atoms with Crippen molar-refractivity contribution >= 4 is 21.8 Å². The summed E-state index contributed by atoms with van der Waals surface area (Å²) < 4.78 is 6.53. The first-order chi connectivity index (χ1) is 10.5. The highest BCUT2D eigenvalue weighted by Crippen LogP contribution is 2.22. The van der Waals surface area contributed by atoms with Crippen molar-refractivity contribution in [3.05, 3.63) is 63.6 Å². The predicted molar refractivity (Wildman–Crippen MR) is 92.1 cm³/mol. The van der Waals surface area contributed by atoms with Crippen LogP contribution in [0.4, 0.5) is 0 Å². The fraction of sp³-hybridized carbons (Fsp3) is 0.278. The van der Waals surface area contributed by atoms with Crippen LogP contribution < -0.4 is 10.1 Å². The normalized spacial score (nSPS) is 11.8. The Morgan fingerprint density at radius 2 is 1.91 bits per heavy atom. The van der Waals surface area contributed by atoms with Crippen molar-refractivity contribution in [1.29, 1.82) is 0 Å². The Hall–Kier alpha value is -1.81. The molecule has 0 aromatic heterocycles. The van der Waals surface area contributed by atoms with Gasteiger partial charge in [-0.1, -0.05) is 40.2 Å². The molecule has 1 amide bonds. The zero-order chi connectivity index (χ0) is 16.1. The van der Waals surface area contributed by atoms with Gasteiger partial charge in [-0.25, -0.2) is 0 Å². The van der Waals surface area contributed by atoms with Gasteiger partial charge in [-0.05, 0) is 55.7 Å². The molecule has 0 aliphatic heterocycles. The van der Waals surface area contributed by atoms with Gasteiger partial charge < -0.3 is 10.1 Å². The molecule has 0 saturated heterocycles. The number of carbonyl (C=O) groups is 1. The van der Waals surface area contributed by atoms with E-state index in [1.54, 1.807) is 0 Å². The van der Waals surface area contributed by atoms with Crippen molar-refractivity contribution in [1.82, 2.24) is 5.32 Å². The van der Waals surface area contributed by atoms with Crippen LogP contribution in [-0.2, 0) is 4.79 Å². The number of carbonyl (C=O) groups excluding carboxylic acids is 1. The van der Waals surface area contributed by atoms with E-state index in [2.05, 4.69) is 21.2 Å². The second-order valence-electron chi connectivity index (χ2n) is 5.35. The van der Waals surface area contributed by atoms with Crippen molar-refractivity contribution < 1.29 is 9.53 Å². The molecule has 4 heteroatoms. The standard InChI is InChI=1S/C18H20BrNO2/c1-12-8-9-15(10-13(12)2)22-11-18(21)20-14(3)16-6-4-5-7-17(16)19/h4-10,14H,11H2,1-3H3,(H,20,21)/t14-/m1/s1. The summed E-state index contributed by atoms with van der Waals surface area (Å²) >= 11 is 3.49. The zero-order valence-electron chi connectivity index (χ0n) is 13.0. The molecular formula is C18H20BrNO2. The first-order valence-electron chi connectivity index (χ1n) is 7.21. The maximum absolute atomic E-state index is 12.0. The lowest BCUT2D eigenvalue weighted by molar-refractivity contribution is -0.123. The minimum absolute atomic E-state index is 0.0112. The van der Waals surface area contributed by atoms with Gasteiger partial charge >= 0.3 is 0 Å². The summed E-state index contributed by atoms with van der Waals surface area (Å²) in [7, 11) is 0. The van der Waals surface area contributed by atoms with Crippen LogP contribution >= 0.6 is 15.9 Å². The number of halogens is 1. The number of amides is 1. The molecule has 1 atom stereocenters. The van der Waals surface area contributed by atoms with E-state index in [-0.39, 0.29) is 18.6 Å². The van der Waals surface area contributed by atoms with Gasteiger partial charge in [0.25, 0.3) is 5.91 Å². The van der Waals surface area contributed by atoms with Crippen LogP contribution in [0.3, 0.4) is 0 Å². The smallest absolute Gasteiger partial charge is 0.258 e. The van der Waals surface area contributed by atoms with Gasteiger partial charge in [-0.15, -0.1) is 0 Å². The number of hydrogen-bond acceptors (Lipinski definition) is 2. The number of rotatable bonds is 5. The van der Waals surface area contributed by atoms with E-state index < -0.39 is 0 Å². The van der Waals surface area contributed by atoms with Crippen LogP contribution in [0.15, 0.2) is 46.9 Å². The minimum atomic E-state index is -0.138. The van der Waals surface area contributed by atoms with Crippen LogP contribution in [0, 0.1) is 13.8 Å². The third-order valence-corrected chi connectivity index (χ3v) is 4.32. The molecular weight excluding hydrogens is 342 g/mol. The van der Waals surface area contributed by atoms with Crippen LogP contribution in [0.2, 0.25) is 0 Å². The van der Waals surface area contributed by atoms with Gasteiger partial charge in [0.15, 0.2) is 6.61 Å². The summed E-state index contributed by atoms with van der Waals surface area (Å²) in [5.41, 5.74) is 3.40. The summed E-state index contributed by atoms with van der Waals surface area (Å²) in [5, 5.41) is 2.94. The Balaban J connectivity index is 1.90. The average Bonchev–Trinajstić information content (AvgIpc) is 2.49. The van der Waals surface area contributed by atoms with Gasteiger partial charge in [0.1, 0.15) is 5.75 Å². The van der Waals surface area contributed by atoms with E-state index in [4.69, 9.17) is 4.74 Å². The number of hydrogen-bond donors (Lipinski definition) is 1. The monoisotopic (exact) mass is 361 g/mol. The minimum Gasteiger partial charge on any atom is -0.484 e. The lowest BCUT2D eigenvalue weighted by Gasteiger charge is -2.16. The zero-order valence-corrected chi connectivity index (χ0v) is 14.6. The maximum atomic E-state index is 12.0. The molecule has 0 heterocycles. The van der Waals surface area contributed by atoms with Crippen molar-refractivity contribution in [2.75, 3.05) is 6.61 Å². The fourth-order valence-electron chi connectivity index (χ4n) is 2.14. The van der Waals surface area contributed by atoms with Crippen molar-refractivity contribution in [2.45, 2.75) is 26.8 Å². The van der Waals surface area contributed by atoms with E-state index in [0.29, 0.717) is 5.75 Å². The molecule has 2 aromatic carbocycles. The molecule has 0 radical (unpaired) electrons. The molecule has 2 aromatic rings. The van der Waals surface area contributed by atoms with Crippen molar-refractivity contribution in [2.24, 2.45) is 0 Å². The van der Waals surface area contributed by atoms with Crippen LogP contribution in [0.5, 0.6) is 5.75 Å². The Kier molecular flexibility index (Phi) is 5.61. The van der Waals surface area contributed by atoms with Gasteiger partial charge in [-0.2, -0.15) is 0 Å². The highest BCUT2D eigenvalue weighted by Gasteiger charge is 2.12.